The Morgan fingerprint density at radius 1 is 1.31 bits per heavy atom. The average molecular weight is 437 g/mol. The second-order valence-electron chi connectivity index (χ2n) is 8.19. The van der Waals surface area contributed by atoms with E-state index in [0.717, 1.165) is 56.0 Å². The van der Waals surface area contributed by atoms with Crippen molar-refractivity contribution in [3.05, 3.63) is 28.2 Å². The molecular weight excluding hydrogens is 400 g/mol. The van der Waals surface area contributed by atoms with Gasteiger partial charge < -0.3 is 15.2 Å². The van der Waals surface area contributed by atoms with Crippen LogP contribution in [0.4, 0.5) is 0 Å². The molecule has 0 saturated carbocycles. The van der Waals surface area contributed by atoms with Gasteiger partial charge in [0.05, 0.1) is 6.54 Å². The number of nitrogens with one attached hydrogen (secondary N) is 2. The third kappa shape index (κ3) is 7.33. The van der Waals surface area contributed by atoms with Crippen molar-refractivity contribution < 1.29 is 0 Å². The molecule has 8 heteroatoms. The number of nitrogens with zero attached hydrogens (tertiary/aromatic N) is 4. The molecule has 0 fully saturated rings. The third-order valence-corrected chi connectivity index (χ3v) is 6.46. The summed E-state index contributed by atoms with van der Waals surface area (Å²) in [5.41, 5.74) is 0.0397. The van der Waals surface area contributed by atoms with Crippen molar-refractivity contribution >= 4 is 29.1 Å². The molecule has 0 atom stereocenters. The fraction of sp³-hybridized carbons (Fsp3) is 0.667. The van der Waals surface area contributed by atoms with Crippen molar-refractivity contribution in [3.8, 4) is 0 Å². The zero-order chi connectivity index (χ0) is 21.3. The van der Waals surface area contributed by atoms with Gasteiger partial charge in [-0.1, -0.05) is 45.5 Å². The number of thiophene rings is 1. The Labute approximate surface area is 184 Å². The maximum absolute atomic E-state index is 4.82. The molecule has 29 heavy (non-hydrogen) atoms. The number of guanidine groups is 1. The summed E-state index contributed by atoms with van der Waals surface area (Å²) >= 11 is 3.46. The van der Waals surface area contributed by atoms with E-state index in [0.29, 0.717) is 5.92 Å². The molecule has 0 bridgehead atoms. The standard InChI is InChI=1S/C21H36N6S2/c1-7-22-19(24-15-21(4,5)17-10-9-13-29-17)23-12-8-11-18-25-26-20(28-6)27(18)14-16(2)3/h9-10,13,16H,7-8,11-12,14-15H2,1-6H3,(H2,22,23,24). The molecule has 2 aromatic heterocycles. The Kier molecular flexibility index (Phi) is 9.49. The van der Waals surface area contributed by atoms with Gasteiger partial charge in [0.1, 0.15) is 5.82 Å². The molecule has 0 radical (unpaired) electrons. The molecule has 2 rings (SSSR count). The number of aliphatic imine (C=N–C) groups is 1. The topological polar surface area (TPSA) is 67.1 Å². The molecule has 0 spiro atoms. The van der Waals surface area contributed by atoms with E-state index < -0.39 is 0 Å². The van der Waals surface area contributed by atoms with Crippen LogP contribution in [0.2, 0.25) is 0 Å². The van der Waals surface area contributed by atoms with Gasteiger partial charge in [-0.3, -0.25) is 4.99 Å². The first-order valence-electron chi connectivity index (χ1n) is 10.4. The zero-order valence-electron chi connectivity index (χ0n) is 18.7. The lowest BCUT2D eigenvalue weighted by Gasteiger charge is -2.21. The highest BCUT2D eigenvalue weighted by molar-refractivity contribution is 7.98. The van der Waals surface area contributed by atoms with E-state index in [1.54, 1.807) is 23.1 Å². The van der Waals surface area contributed by atoms with Crippen LogP contribution in [0.15, 0.2) is 27.7 Å². The molecule has 162 valence electrons. The highest BCUT2D eigenvalue weighted by Crippen LogP contribution is 2.27. The Morgan fingerprint density at radius 2 is 2.10 bits per heavy atom. The normalized spacial score (nSPS) is 12.6. The minimum atomic E-state index is 0.0397. The van der Waals surface area contributed by atoms with Gasteiger partial charge in [0.15, 0.2) is 11.1 Å². The number of hydrogen-bond acceptors (Lipinski definition) is 5. The van der Waals surface area contributed by atoms with Crippen LogP contribution in [0, 0.1) is 5.92 Å². The summed E-state index contributed by atoms with van der Waals surface area (Å²) in [6, 6.07) is 4.30. The molecule has 0 unspecified atom stereocenters. The lowest BCUT2D eigenvalue weighted by atomic mass is 9.92. The van der Waals surface area contributed by atoms with Gasteiger partial charge >= 0.3 is 0 Å². The number of thioether (sulfide) groups is 1. The van der Waals surface area contributed by atoms with E-state index in [1.807, 2.05) is 0 Å². The summed E-state index contributed by atoms with van der Waals surface area (Å²) in [6.07, 6.45) is 3.96. The van der Waals surface area contributed by atoms with Crippen LogP contribution < -0.4 is 10.6 Å². The van der Waals surface area contributed by atoms with Crippen LogP contribution in [0.5, 0.6) is 0 Å². The van der Waals surface area contributed by atoms with Gasteiger partial charge in [-0.05, 0) is 37.0 Å². The van der Waals surface area contributed by atoms with Crippen molar-refractivity contribution in [2.24, 2.45) is 10.9 Å². The maximum atomic E-state index is 4.82. The van der Waals surface area contributed by atoms with Crippen LogP contribution in [0.25, 0.3) is 0 Å². The summed E-state index contributed by atoms with van der Waals surface area (Å²) in [5, 5.41) is 18.7. The highest BCUT2D eigenvalue weighted by atomic mass is 32.2. The molecule has 0 aliphatic heterocycles. The Morgan fingerprint density at radius 3 is 2.72 bits per heavy atom. The fourth-order valence-electron chi connectivity index (χ4n) is 3.02. The molecule has 2 aromatic rings. The second kappa shape index (κ2) is 11.6. The molecule has 0 aliphatic rings. The molecule has 0 aliphatic carbocycles. The minimum Gasteiger partial charge on any atom is -0.357 e. The molecule has 0 saturated heterocycles. The van der Waals surface area contributed by atoms with E-state index in [9.17, 15) is 0 Å². The van der Waals surface area contributed by atoms with Gasteiger partial charge in [-0.15, -0.1) is 21.5 Å². The predicted molar refractivity (Wildman–Crippen MR) is 126 cm³/mol. The van der Waals surface area contributed by atoms with Gasteiger partial charge in [0.25, 0.3) is 0 Å². The molecule has 0 aromatic carbocycles. The van der Waals surface area contributed by atoms with Crippen LogP contribution in [-0.4, -0.2) is 46.6 Å². The zero-order valence-corrected chi connectivity index (χ0v) is 20.3. The first-order chi connectivity index (χ1) is 13.9. The summed E-state index contributed by atoms with van der Waals surface area (Å²) in [7, 11) is 0. The van der Waals surface area contributed by atoms with E-state index >= 15 is 0 Å². The molecule has 0 amide bonds. The summed E-state index contributed by atoms with van der Waals surface area (Å²) in [6.45, 7) is 14.5. The Hall–Kier alpha value is -1.54. The van der Waals surface area contributed by atoms with Crippen molar-refractivity contribution in [2.45, 2.75) is 64.6 Å². The molecular formula is C21H36N6S2. The fourth-order valence-corrected chi connectivity index (χ4v) is 4.38. The van der Waals surface area contributed by atoms with Crippen LogP contribution >= 0.6 is 23.1 Å². The quantitative estimate of drug-likeness (QED) is 0.239. The van der Waals surface area contributed by atoms with Crippen LogP contribution in [0.3, 0.4) is 0 Å². The number of rotatable bonds is 11. The van der Waals surface area contributed by atoms with E-state index in [2.05, 4.69) is 83.8 Å². The second-order valence-corrected chi connectivity index (χ2v) is 9.92. The highest BCUT2D eigenvalue weighted by Gasteiger charge is 2.21. The average Bonchev–Trinajstić information content (AvgIpc) is 3.33. The summed E-state index contributed by atoms with van der Waals surface area (Å²) in [5.74, 6) is 2.53. The Balaban J connectivity index is 1.89. The SMILES string of the molecule is CCNC(=NCC(C)(C)c1cccs1)NCCCc1nnc(SC)n1CC(C)C. The van der Waals surface area contributed by atoms with E-state index in [4.69, 9.17) is 4.99 Å². The maximum Gasteiger partial charge on any atom is 0.191 e. The predicted octanol–water partition coefficient (Wildman–Crippen LogP) is 4.18. The Bertz CT molecular complexity index is 749. The van der Waals surface area contributed by atoms with Crippen molar-refractivity contribution in [1.82, 2.24) is 25.4 Å². The van der Waals surface area contributed by atoms with Crippen molar-refractivity contribution in [1.29, 1.82) is 0 Å². The lowest BCUT2D eigenvalue weighted by molar-refractivity contribution is 0.477. The number of aryl methyl sites for hydroxylation is 1. The van der Waals surface area contributed by atoms with Crippen molar-refractivity contribution in [2.75, 3.05) is 25.9 Å². The van der Waals surface area contributed by atoms with Crippen LogP contribution in [-0.2, 0) is 18.4 Å². The van der Waals surface area contributed by atoms with Crippen LogP contribution in [0.1, 0.15) is 51.7 Å². The summed E-state index contributed by atoms with van der Waals surface area (Å²) < 4.78 is 2.26. The van der Waals surface area contributed by atoms with Gasteiger partial charge in [0.2, 0.25) is 0 Å². The molecule has 6 nitrogen and oxygen atoms in total. The first kappa shape index (κ1) is 23.7. The smallest absolute Gasteiger partial charge is 0.191 e. The number of hydrogen-bond donors (Lipinski definition) is 2. The van der Waals surface area contributed by atoms with Crippen molar-refractivity contribution in [3.63, 3.8) is 0 Å². The largest absolute Gasteiger partial charge is 0.357 e. The van der Waals surface area contributed by atoms with Gasteiger partial charge in [-0.2, -0.15) is 0 Å². The monoisotopic (exact) mass is 436 g/mol. The van der Waals surface area contributed by atoms with Gasteiger partial charge in [0, 0.05) is 36.3 Å². The van der Waals surface area contributed by atoms with E-state index in [1.165, 1.54) is 4.88 Å². The minimum absolute atomic E-state index is 0.0397. The molecule has 2 heterocycles. The number of aromatic nitrogens is 3. The molecule has 2 N–H and O–H groups in total. The summed E-state index contributed by atoms with van der Waals surface area (Å²) in [4.78, 5) is 6.19. The third-order valence-electron chi connectivity index (χ3n) is 4.56. The van der Waals surface area contributed by atoms with Gasteiger partial charge in [-0.25, -0.2) is 0 Å². The van der Waals surface area contributed by atoms with E-state index in [-0.39, 0.29) is 5.41 Å². The lowest BCUT2D eigenvalue weighted by Crippen LogP contribution is -2.39. The first-order valence-corrected chi connectivity index (χ1v) is 12.5.